The first kappa shape index (κ1) is 32.9. The molecule has 0 saturated heterocycles. The van der Waals surface area contributed by atoms with Gasteiger partial charge in [0.15, 0.2) is 0 Å². The molecule has 0 spiro atoms. The van der Waals surface area contributed by atoms with Crippen LogP contribution < -0.4 is 31.7 Å². The molecule has 1 heterocycles. The predicted octanol–water partition coefficient (Wildman–Crippen LogP) is 3.03. The Morgan fingerprint density at radius 2 is 1.79 bits per heavy atom. The highest BCUT2D eigenvalue weighted by Gasteiger charge is 2.15. The molecule has 1 aromatic heterocycles. The van der Waals surface area contributed by atoms with E-state index in [-0.39, 0.29) is 23.3 Å². The van der Waals surface area contributed by atoms with Crippen molar-refractivity contribution >= 4 is 40.8 Å². The minimum absolute atomic E-state index is 0.0459. The Morgan fingerprint density at radius 1 is 1.13 bits per heavy atom. The molecule has 1 aromatic carbocycles. The fraction of sp³-hybridized carbons (Fsp3) is 0.222. The number of hydrogen-bond acceptors (Lipinski definition) is 9. The van der Waals surface area contributed by atoms with Crippen molar-refractivity contribution in [2.75, 3.05) is 44.1 Å². The number of carbonyl (C=O) groups is 2. The van der Waals surface area contributed by atoms with Crippen LogP contribution in [0.5, 0.6) is 5.75 Å². The van der Waals surface area contributed by atoms with E-state index in [0.29, 0.717) is 41.7 Å². The monoisotopic (exact) mass is 520 g/mol. The lowest BCUT2D eigenvalue weighted by molar-refractivity contribution is -0.119. The van der Waals surface area contributed by atoms with Gasteiger partial charge in [0.25, 0.3) is 0 Å². The first-order valence-electron chi connectivity index (χ1n) is 11.3. The van der Waals surface area contributed by atoms with E-state index in [2.05, 4.69) is 50.7 Å². The molecule has 2 rings (SSSR count). The summed E-state index contributed by atoms with van der Waals surface area (Å²) in [6, 6.07) is 7.40. The number of methoxy groups -OCH3 is 1. The molecular weight excluding hydrogens is 484 g/mol. The topological polar surface area (TPSA) is 167 Å². The van der Waals surface area contributed by atoms with Gasteiger partial charge in [-0.25, -0.2) is 0 Å². The Balaban J connectivity index is 0.00000150. The number of benzene rings is 1. The lowest BCUT2D eigenvalue weighted by Gasteiger charge is -2.15. The molecule has 202 valence electrons. The van der Waals surface area contributed by atoms with E-state index in [9.17, 15) is 9.59 Å². The molecule has 0 unspecified atom stereocenters. The molecule has 0 atom stereocenters. The second-order valence-corrected chi connectivity index (χ2v) is 7.04. The summed E-state index contributed by atoms with van der Waals surface area (Å²) < 4.78 is 5.33. The summed E-state index contributed by atoms with van der Waals surface area (Å²) in [6.45, 7) is 5.30. The van der Waals surface area contributed by atoms with Crippen LogP contribution in [0.3, 0.4) is 0 Å². The number of amides is 2. The molecule has 0 saturated carbocycles. The SMILES string of the molecule is C#C.C=CC(=O)NC.CNC(=O)C/C=C\C=C/CNc1nc(Nc2ccccc2OC)nc(N)c1C(C)=N. The molecule has 38 heavy (non-hydrogen) atoms. The second kappa shape index (κ2) is 19.1. The van der Waals surface area contributed by atoms with E-state index < -0.39 is 0 Å². The summed E-state index contributed by atoms with van der Waals surface area (Å²) in [6.07, 6.45) is 16.8. The molecule has 0 aliphatic rings. The van der Waals surface area contributed by atoms with Gasteiger partial charge in [0.05, 0.1) is 18.4 Å². The van der Waals surface area contributed by atoms with Crippen molar-refractivity contribution in [2.45, 2.75) is 13.3 Å². The highest BCUT2D eigenvalue weighted by atomic mass is 16.5. The number of terminal acetylenes is 1. The summed E-state index contributed by atoms with van der Waals surface area (Å²) >= 11 is 0. The Kier molecular flexibility index (Phi) is 16.6. The first-order chi connectivity index (χ1) is 18.3. The lowest BCUT2D eigenvalue weighted by Crippen LogP contribution is -2.15. The van der Waals surface area contributed by atoms with Crippen LogP contribution in [0.2, 0.25) is 0 Å². The van der Waals surface area contributed by atoms with Crippen LogP contribution in [0.1, 0.15) is 18.9 Å². The van der Waals surface area contributed by atoms with Crippen molar-refractivity contribution in [2.24, 2.45) is 0 Å². The van der Waals surface area contributed by atoms with E-state index >= 15 is 0 Å². The van der Waals surface area contributed by atoms with Gasteiger partial charge in [0.2, 0.25) is 17.8 Å². The number of rotatable bonds is 11. The number of carbonyl (C=O) groups excluding carboxylic acids is 2. The number of allylic oxidation sites excluding steroid dienone is 2. The smallest absolute Gasteiger partial charge is 0.243 e. The second-order valence-electron chi connectivity index (χ2n) is 7.04. The van der Waals surface area contributed by atoms with Crippen LogP contribution >= 0.6 is 0 Å². The van der Waals surface area contributed by atoms with E-state index in [1.165, 1.54) is 6.08 Å². The highest BCUT2D eigenvalue weighted by Crippen LogP contribution is 2.28. The molecule has 0 fully saturated rings. The van der Waals surface area contributed by atoms with Crippen molar-refractivity contribution in [3.63, 3.8) is 0 Å². The van der Waals surface area contributed by atoms with Gasteiger partial charge in [0, 0.05) is 32.8 Å². The molecule has 2 aromatic rings. The van der Waals surface area contributed by atoms with E-state index in [0.717, 1.165) is 0 Å². The number of hydrogen-bond donors (Lipinski definition) is 6. The Hall–Kier alpha value is -5.11. The van der Waals surface area contributed by atoms with Crippen molar-refractivity contribution in [3.8, 4) is 18.6 Å². The minimum atomic E-state index is -0.144. The summed E-state index contributed by atoms with van der Waals surface area (Å²) in [5.74, 6) is 1.40. The van der Waals surface area contributed by atoms with Crippen LogP contribution in [-0.4, -0.2) is 55.2 Å². The minimum Gasteiger partial charge on any atom is -0.495 e. The van der Waals surface area contributed by atoms with Gasteiger partial charge in [-0.1, -0.05) is 43.0 Å². The van der Waals surface area contributed by atoms with Gasteiger partial charge in [-0.15, -0.1) is 12.8 Å². The largest absolute Gasteiger partial charge is 0.495 e. The molecule has 0 bridgehead atoms. The third-order valence-corrected chi connectivity index (χ3v) is 4.45. The van der Waals surface area contributed by atoms with Crippen LogP contribution in [0, 0.1) is 18.3 Å². The highest BCUT2D eigenvalue weighted by molar-refractivity contribution is 6.04. The number of para-hydroxylation sites is 2. The molecule has 0 aliphatic carbocycles. The average Bonchev–Trinajstić information content (AvgIpc) is 2.93. The Bertz CT molecular complexity index is 1160. The number of nitrogens with two attached hydrogens (primary N) is 1. The summed E-state index contributed by atoms with van der Waals surface area (Å²) in [5.41, 5.74) is 7.49. The summed E-state index contributed by atoms with van der Waals surface area (Å²) in [7, 11) is 4.74. The number of nitrogens with zero attached hydrogens (tertiary/aromatic N) is 2. The zero-order chi connectivity index (χ0) is 28.9. The van der Waals surface area contributed by atoms with Gasteiger partial charge < -0.3 is 37.1 Å². The molecular formula is C27H36N8O3. The number of anilines is 4. The zero-order valence-corrected chi connectivity index (χ0v) is 22.2. The van der Waals surface area contributed by atoms with E-state index in [4.69, 9.17) is 15.9 Å². The first-order valence-corrected chi connectivity index (χ1v) is 11.3. The van der Waals surface area contributed by atoms with Gasteiger partial charge in [-0.3, -0.25) is 9.59 Å². The van der Waals surface area contributed by atoms with Gasteiger partial charge in [-0.2, -0.15) is 9.97 Å². The van der Waals surface area contributed by atoms with Gasteiger partial charge in [0.1, 0.15) is 17.4 Å². The number of likely N-dealkylation sites (N-methyl/N-ethyl adjacent to an activating group) is 1. The third kappa shape index (κ3) is 12.0. The fourth-order valence-corrected chi connectivity index (χ4v) is 2.66. The Morgan fingerprint density at radius 3 is 2.34 bits per heavy atom. The third-order valence-electron chi connectivity index (χ3n) is 4.45. The van der Waals surface area contributed by atoms with Crippen molar-refractivity contribution in [3.05, 3.63) is 66.8 Å². The van der Waals surface area contributed by atoms with Crippen molar-refractivity contribution < 1.29 is 14.3 Å². The fourth-order valence-electron chi connectivity index (χ4n) is 2.66. The van der Waals surface area contributed by atoms with Crippen molar-refractivity contribution in [1.29, 1.82) is 5.41 Å². The standard InChI is InChI=1S/C21H27N7O2.C4H7NO.C2H2/c1-14(22)18-19(23)27-21(26-15-10-7-8-11-16(15)30-3)28-20(18)25-13-9-5-4-6-12-17(29)24-2;1-3-4(6)5-2;1-2/h4-11,22H,12-13H2,1-3H3,(H,24,29)(H4,23,25,26,27,28);3H,1H2,2H3,(H,5,6);1-2H/b6-4-,9-5-,22-14?;;. The van der Waals surface area contributed by atoms with Crippen LogP contribution in [0.25, 0.3) is 0 Å². The number of nitrogens with one attached hydrogen (secondary N) is 5. The summed E-state index contributed by atoms with van der Waals surface area (Å²) in [4.78, 5) is 29.9. The van der Waals surface area contributed by atoms with E-state index in [1.807, 2.05) is 36.4 Å². The maximum atomic E-state index is 11.2. The number of ether oxygens (including phenoxy) is 1. The van der Waals surface area contributed by atoms with Crippen LogP contribution in [0.4, 0.5) is 23.3 Å². The molecule has 11 heteroatoms. The molecule has 2 amide bonds. The quantitative estimate of drug-likeness (QED) is 0.114. The van der Waals surface area contributed by atoms with Gasteiger partial charge >= 0.3 is 0 Å². The van der Waals surface area contributed by atoms with Crippen LogP contribution in [0.15, 0.2) is 61.2 Å². The summed E-state index contributed by atoms with van der Waals surface area (Å²) in [5, 5.41) is 19.2. The Labute approximate surface area is 224 Å². The number of nitrogen functional groups attached to an aromatic ring is 1. The maximum absolute atomic E-state index is 11.2. The zero-order valence-electron chi connectivity index (χ0n) is 22.2. The number of aromatic nitrogens is 2. The normalized spacial score (nSPS) is 9.74. The van der Waals surface area contributed by atoms with Gasteiger partial charge in [-0.05, 0) is 25.1 Å². The molecule has 7 N–H and O–H groups in total. The molecule has 0 aliphatic heterocycles. The molecule has 11 nitrogen and oxygen atoms in total. The van der Waals surface area contributed by atoms with Crippen LogP contribution in [-0.2, 0) is 9.59 Å². The molecule has 0 radical (unpaired) electrons. The predicted molar refractivity (Wildman–Crippen MR) is 155 cm³/mol. The van der Waals surface area contributed by atoms with Crippen molar-refractivity contribution in [1.82, 2.24) is 20.6 Å². The average molecular weight is 521 g/mol. The van der Waals surface area contributed by atoms with E-state index in [1.54, 1.807) is 40.3 Å². The lowest BCUT2D eigenvalue weighted by atomic mass is 10.2. The maximum Gasteiger partial charge on any atom is 0.243 e.